The molecular formula is C20H18F3N7S. The molecule has 0 unspecified atom stereocenters. The normalized spacial score (nSPS) is 11.7. The van der Waals surface area contributed by atoms with E-state index in [0.717, 1.165) is 6.07 Å². The quantitative estimate of drug-likeness (QED) is 0.281. The Morgan fingerprint density at radius 1 is 1.39 bits per heavy atom. The number of fused-ring (bicyclic) bond motifs is 1. The summed E-state index contributed by atoms with van der Waals surface area (Å²) >= 11 is 4.88. The number of hydrazone groups is 1. The molecule has 3 aromatic rings. The van der Waals surface area contributed by atoms with Gasteiger partial charge in [-0.15, -0.1) is 0 Å². The van der Waals surface area contributed by atoms with Gasteiger partial charge >= 0.3 is 6.18 Å². The van der Waals surface area contributed by atoms with Gasteiger partial charge in [-0.05, 0) is 36.0 Å². The monoisotopic (exact) mass is 445 g/mol. The van der Waals surface area contributed by atoms with Gasteiger partial charge in [-0.2, -0.15) is 18.3 Å². The Hall–Kier alpha value is -3.52. The van der Waals surface area contributed by atoms with Crippen LogP contribution >= 0.6 is 12.2 Å². The lowest BCUT2D eigenvalue weighted by Crippen LogP contribution is -2.27. The van der Waals surface area contributed by atoms with Crippen LogP contribution in [0.25, 0.3) is 27.1 Å². The third-order valence-electron chi connectivity index (χ3n) is 4.63. The van der Waals surface area contributed by atoms with Crippen molar-refractivity contribution in [3.8, 4) is 11.4 Å². The van der Waals surface area contributed by atoms with Crippen LogP contribution in [-0.4, -0.2) is 44.5 Å². The lowest BCUT2D eigenvalue weighted by atomic mass is 9.97. The summed E-state index contributed by atoms with van der Waals surface area (Å²) < 4.78 is 42.8. The van der Waals surface area contributed by atoms with Crippen LogP contribution in [0.15, 0.2) is 35.8 Å². The van der Waals surface area contributed by atoms with E-state index >= 15 is 0 Å². The molecule has 2 heterocycles. The van der Waals surface area contributed by atoms with E-state index in [4.69, 9.17) is 24.5 Å². The topological polar surface area (TPSA) is 76.7 Å². The minimum atomic E-state index is -4.57. The Bertz CT molecular complexity index is 1210. The molecule has 0 aliphatic carbocycles. The predicted octanol–water partition coefficient (Wildman–Crippen LogP) is 3.63. The van der Waals surface area contributed by atoms with E-state index in [1.54, 1.807) is 37.3 Å². The average molecular weight is 445 g/mol. The van der Waals surface area contributed by atoms with Crippen molar-refractivity contribution in [3.63, 3.8) is 0 Å². The minimum absolute atomic E-state index is 0.0266. The molecule has 11 heteroatoms. The van der Waals surface area contributed by atoms with E-state index < -0.39 is 11.7 Å². The highest BCUT2D eigenvalue weighted by molar-refractivity contribution is 7.80. The molecule has 0 aliphatic heterocycles. The summed E-state index contributed by atoms with van der Waals surface area (Å²) in [5.41, 5.74) is 6.53. The van der Waals surface area contributed by atoms with Crippen LogP contribution in [0.5, 0.6) is 0 Å². The van der Waals surface area contributed by atoms with E-state index in [9.17, 15) is 13.2 Å². The molecule has 7 nitrogen and oxygen atoms in total. The van der Waals surface area contributed by atoms with Gasteiger partial charge in [-0.1, -0.05) is 0 Å². The lowest BCUT2D eigenvalue weighted by Gasteiger charge is -2.15. The number of halogens is 3. The zero-order chi connectivity index (χ0) is 22.8. The van der Waals surface area contributed by atoms with Crippen LogP contribution in [0.3, 0.4) is 0 Å². The van der Waals surface area contributed by atoms with Gasteiger partial charge < -0.3 is 15.1 Å². The molecule has 2 aromatic heterocycles. The molecule has 3 rings (SSSR count). The van der Waals surface area contributed by atoms with Gasteiger partial charge in [0.05, 0.1) is 41.2 Å². The maximum absolute atomic E-state index is 13.7. The molecule has 1 aromatic carbocycles. The number of hydrogen-bond donors (Lipinski definition) is 1. The zero-order valence-corrected chi connectivity index (χ0v) is 17.5. The maximum Gasteiger partial charge on any atom is 0.416 e. The molecule has 0 atom stereocenters. The van der Waals surface area contributed by atoms with E-state index in [0.29, 0.717) is 22.3 Å². The highest BCUT2D eigenvalue weighted by Gasteiger charge is 2.34. The molecule has 0 bridgehead atoms. The van der Waals surface area contributed by atoms with Gasteiger partial charge in [0.1, 0.15) is 0 Å². The molecule has 0 fully saturated rings. The van der Waals surface area contributed by atoms with Gasteiger partial charge in [0, 0.05) is 31.5 Å². The third kappa shape index (κ3) is 4.80. The fourth-order valence-electron chi connectivity index (χ4n) is 3.04. The summed E-state index contributed by atoms with van der Waals surface area (Å²) in [5, 5.41) is 5.96. The largest absolute Gasteiger partial charge is 0.416 e. The van der Waals surface area contributed by atoms with Crippen molar-refractivity contribution in [3.05, 3.63) is 58.8 Å². The second-order valence-electron chi connectivity index (χ2n) is 6.75. The van der Waals surface area contributed by atoms with Crippen molar-refractivity contribution in [1.82, 2.24) is 19.5 Å². The Morgan fingerprint density at radius 2 is 2.13 bits per heavy atom. The van der Waals surface area contributed by atoms with Crippen molar-refractivity contribution < 1.29 is 13.2 Å². The third-order valence-corrected chi connectivity index (χ3v) is 4.90. The lowest BCUT2D eigenvalue weighted by molar-refractivity contribution is -0.138. The summed E-state index contributed by atoms with van der Waals surface area (Å²) in [7, 11) is 3.32. The number of nitrogens with two attached hydrogens (primary N) is 1. The first kappa shape index (κ1) is 22.2. The number of thiocarbonyl (C=S) groups is 1. The van der Waals surface area contributed by atoms with Gasteiger partial charge in [0.15, 0.2) is 5.11 Å². The predicted molar refractivity (Wildman–Crippen MR) is 116 cm³/mol. The van der Waals surface area contributed by atoms with Crippen molar-refractivity contribution in [1.29, 1.82) is 0 Å². The van der Waals surface area contributed by atoms with Gasteiger partial charge in [0.25, 0.3) is 0 Å². The fraction of sp³-hybridized carbons (Fsp3) is 0.250. The molecule has 31 heavy (non-hydrogen) atoms. The first-order valence-corrected chi connectivity index (χ1v) is 9.44. The number of rotatable bonds is 5. The van der Waals surface area contributed by atoms with Crippen molar-refractivity contribution in [2.45, 2.75) is 12.6 Å². The average Bonchev–Trinajstić information content (AvgIpc) is 3.14. The number of alkyl halides is 3. The highest BCUT2D eigenvalue weighted by atomic mass is 32.1. The highest BCUT2D eigenvalue weighted by Crippen LogP contribution is 2.36. The molecule has 0 saturated heterocycles. The number of imidazole rings is 1. The Morgan fingerprint density at radius 3 is 2.71 bits per heavy atom. The molecule has 0 radical (unpaired) electrons. The smallest absolute Gasteiger partial charge is 0.375 e. The first-order chi connectivity index (χ1) is 14.6. The van der Waals surface area contributed by atoms with E-state index in [1.807, 2.05) is 0 Å². The van der Waals surface area contributed by atoms with E-state index in [2.05, 4.69) is 19.9 Å². The number of nitrogens with zero attached hydrogens (tertiary/aromatic N) is 6. The molecule has 0 aliphatic rings. The Balaban J connectivity index is 2.30. The van der Waals surface area contributed by atoms with Crippen LogP contribution in [0.4, 0.5) is 13.2 Å². The molecule has 2 N–H and O–H groups in total. The molecule has 0 saturated carbocycles. The van der Waals surface area contributed by atoms with Crippen molar-refractivity contribution in [2.75, 3.05) is 13.6 Å². The van der Waals surface area contributed by atoms with Gasteiger partial charge in [-0.3, -0.25) is 0 Å². The van der Waals surface area contributed by atoms with Crippen LogP contribution in [0.1, 0.15) is 16.7 Å². The Kier molecular flexibility index (Phi) is 6.21. The molecular weight excluding hydrogens is 427 g/mol. The first-order valence-electron chi connectivity index (χ1n) is 9.03. The second kappa shape index (κ2) is 8.69. The summed E-state index contributed by atoms with van der Waals surface area (Å²) in [6, 6.07) is 4.15. The van der Waals surface area contributed by atoms with Crippen molar-refractivity contribution >= 4 is 34.4 Å². The van der Waals surface area contributed by atoms with Crippen molar-refractivity contribution in [2.24, 2.45) is 17.9 Å². The van der Waals surface area contributed by atoms with Crippen LogP contribution in [-0.2, 0) is 19.6 Å². The standard InChI is InChI=1S/C20H18F3N7S/c1-25-5-4-12-6-14-13(9-27-30(3)19(24)31)7-17(18-10-26-11-29(18)2)28-16(14)8-15(12)20(21,22)23/h6-11H,4-5H2,2-3H3,(H2,24,31)/b27-9+. The maximum atomic E-state index is 13.7. The summed E-state index contributed by atoms with van der Waals surface area (Å²) in [4.78, 5) is 11.7. The van der Waals surface area contributed by atoms with Gasteiger partial charge in [-0.25, -0.2) is 21.5 Å². The SMILES string of the molecule is [C-]#[N+]CCc1cc2c(/C=N/N(C)C(N)=S)cc(-c3cncn3C)nc2cc1C(F)(F)F. The fourth-order valence-corrected chi connectivity index (χ4v) is 3.09. The number of benzene rings is 1. The Labute approximate surface area is 181 Å². The number of hydrogen-bond acceptors (Lipinski definition) is 4. The molecule has 0 spiro atoms. The van der Waals surface area contributed by atoms with Crippen LogP contribution < -0.4 is 5.73 Å². The van der Waals surface area contributed by atoms with Crippen LogP contribution in [0, 0.1) is 6.57 Å². The van der Waals surface area contributed by atoms with Crippen LogP contribution in [0.2, 0.25) is 0 Å². The van der Waals surface area contributed by atoms with Gasteiger partial charge in [0.2, 0.25) is 6.54 Å². The summed E-state index contributed by atoms with van der Waals surface area (Å²) in [5.74, 6) is 0. The minimum Gasteiger partial charge on any atom is -0.375 e. The molecule has 160 valence electrons. The zero-order valence-electron chi connectivity index (χ0n) is 16.7. The molecule has 0 amide bonds. The van der Waals surface area contributed by atoms with E-state index in [1.165, 1.54) is 17.3 Å². The number of pyridine rings is 1. The van der Waals surface area contributed by atoms with E-state index in [-0.39, 0.29) is 29.2 Å². The summed E-state index contributed by atoms with van der Waals surface area (Å²) in [6.07, 6.45) is 0.0152. The second-order valence-corrected chi connectivity index (χ2v) is 7.17. The summed E-state index contributed by atoms with van der Waals surface area (Å²) in [6.45, 7) is 6.88. The number of aromatic nitrogens is 3. The number of aryl methyl sites for hydroxylation is 1.